The van der Waals surface area contributed by atoms with Crippen LogP contribution >= 0.6 is 0 Å². The molecule has 1 aromatic heterocycles. The molecule has 0 saturated heterocycles. The number of carbonyl (C=O) groups is 1. The van der Waals surface area contributed by atoms with E-state index in [4.69, 9.17) is 4.74 Å². The highest BCUT2D eigenvalue weighted by atomic mass is 16.5. The molecule has 2 rings (SSSR count). The standard InChI is InChI=1S/C15H19N3O3/c1-15(2,3)21-9-14(20)16-11-6-4-10(5-7-11)12-8-13(19)18-17-12/h4-8H,9H2,1-3H3,(H,16,20)(H2,17,18,19). The summed E-state index contributed by atoms with van der Waals surface area (Å²) in [6.07, 6.45) is 0. The quantitative estimate of drug-likeness (QED) is 0.805. The molecule has 0 spiro atoms. The van der Waals surface area contributed by atoms with Crippen molar-refractivity contribution in [3.05, 3.63) is 40.7 Å². The number of hydrogen-bond acceptors (Lipinski definition) is 3. The van der Waals surface area contributed by atoms with Crippen LogP contribution in [0.2, 0.25) is 0 Å². The molecule has 0 atom stereocenters. The Morgan fingerprint density at radius 3 is 2.38 bits per heavy atom. The van der Waals surface area contributed by atoms with Gasteiger partial charge in [-0.3, -0.25) is 19.8 Å². The first-order valence-corrected chi connectivity index (χ1v) is 6.65. The second kappa shape index (κ2) is 5.97. The molecule has 0 radical (unpaired) electrons. The number of benzene rings is 1. The highest BCUT2D eigenvalue weighted by molar-refractivity contribution is 5.91. The number of ether oxygens (including phenoxy) is 1. The monoisotopic (exact) mass is 289 g/mol. The Morgan fingerprint density at radius 1 is 1.19 bits per heavy atom. The number of aromatic amines is 2. The summed E-state index contributed by atoms with van der Waals surface area (Å²) in [6.45, 7) is 5.70. The minimum atomic E-state index is -0.346. The first kappa shape index (κ1) is 15.1. The molecule has 1 aromatic carbocycles. The van der Waals surface area contributed by atoms with Crippen LogP contribution < -0.4 is 10.9 Å². The average Bonchev–Trinajstić information content (AvgIpc) is 2.83. The Balaban J connectivity index is 1.96. The molecule has 21 heavy (non-hydrogen) atoms. The fourth-order valence-corrected chi connectivity index (χ4v) is 1.70. The van der Waals surface area contributed by atoms with E-state index in [1.165, 1.54) is 6.07 Å². The Labute approximate surface area is 122 Å². The lowest BCUT2D eigenvalue weighted by Gasteiger charge is -2.19. The van der Waals surface area contributed by atoms with E-state index in [-0.39, 0.29) is 23.7 Å². The summed E-state index contributed by atoms with van der Waals surface area (Å²) >= 11 is 0. The number of nitrogens with one attached hydrogen (secondary N) is 3. The molecule has 0 aliphatic rings. The van der Waals surface area contributed by atoms with Crippen LogP contribution in [0.15, 0.2) is 35.1 Å². The van der Waals surface area contributed by atoms with Crippen LogP contribution in [-0.4, -0.2) is 28.3 Å². The first-order chi connectivity index (χ1) is 9.83. The van der Waals surface area contributed by atoms with Crippen molar-refractivity contribution >= 4 is 11.6 Å². The molecule has 0 saturated carbocycles. The number of aromatic nitrogens is 2. The second-order valence-electron chi connectivity index (χ2n) is 5.70. The topological polar surface area (TPSA) is 87.0 Å². The van der Waals surface area contributed by atoms with Crippen molar-refractivity contribution in [2.75, 3.05) is 11.9 Å². The van der Waals surface area contributed by atoms with E-state index in [0.717, 1.165) is 5.56 Å². The number of rotatable bonds is 4. The highest BCUT2D eigenvalue weighted by Crippen LogP contribution is 2.18. The normalized spacial score (nSPS) is 11.4. The molecule has 0 aliphatic heterocycles. The lowest BCUT2D eigenvalue weighted by molar-refractivity contribution is -0.125. The van der Waals surface area contributed by atoms with Gasteiger partial charge in [-0.2, -0.15) is 0 Å². The highest BCUT2D eigenvalue weighted by Gasteiger charge is 2.13. The van der Waals surface area contributed by atoms with E-state index >= 15 is 0 Å². The zero-order valence-corrected chi connectivity index (χ0v) is 12.3. The van der Waals surface area contributed by atoms with E-state index in [9.17, 15) is 9.59 Å². The maximum Gasteiger partial charge on any atom is 0.264 e. The van der Waals surface area contributed by atoms with Crippen molar-refractivity contribution in [2.24, 2.45) is 0 Å². The minimum Gasteiger partial charge on any atom is -0.366 e. The molecular weight excluding hydrogens is 270 g/mol. The summed E-state index contributed by atoms with van der Waals surface area (Å²) in [7, 11) is 0. The molecule has 6 heteroatoms. The Morgan fingerprint density at radius 2 is 1.86 bits per heavy atom. The Bertz CT molecular complexity index is 662. The van der Waals surface area contributed by atoms with Gasteiger partial charge in [-0.1, -0.05) is 12.1 Å². The van der Waals surface area contributed by atoms with Gasteiger partial charge in [0.25, 0.3) is 5.56 Å². The zero-order valence-electron chi connectivity index (χ0n) is 12.3. The summed E-state index contributed by atoms with van der Waals surface area (Å²) in [5.41, 5.74) is 1.72. The van der Waals surface area contributed by atoms with Crippen molar-refractivity contribution in [2.45, 2.75) is 26.4 Å². The van der Waals surface area contributed by atoms with Crippen molar-refractivity contribution in [1.82, 2.24) is 10.2 Å². The van der Waals surface area contributed by atoms with Gasteiger partial charge in [-0.25, -0.2) is 0 Å². The molecule has 0 aliphatic carbocycles. The van der Waals surface area contributed by atoms with Gasteiger partial charge >= 0.3 is 0 Å². The molecule has 1 amide bonds. The number of amides is 1. The van der Waals surface area contributed by atoms with Crippen LogP contribution in [0.5, 0.6) is 0 Å². The van der Waals surface area contributed by atoms with Gasteiger partial charge in [0, 0.05) is 11.8 Å². The van der Waals surface area contributed by atoms with Crippen LogP contribution in [-0.2, 0) is 9.53 Å². The minimum absolute atomic E-state index is 0.0103. The van der Waals surface area contributed by atoms with Gasteiger partial charge in [-0.05, 0) is 38.5 Å². The van der Waals surface area contributed by atoms with Crippen LogP contribution in [0.25, 0.3) is 11.3 Å². The van der Waals surface area contributed by atoms with E-state index in [0.29, 0.717) is 11.4 Å². The molecule has 112 valence electrons. The van der Waals surface area contributed by atoms with Crippen molar-refractivity contribution < 1.29 is 9.53 Å². The zero-order chi connectivity index (χ0) is 15.5. The fraction of sp³-hybridized carbons (Fsp3) is 0.333. The van der Waals surface area contributed by atoms with Crippen molar-refractivity contribution in [1.29, 1.82) is 0 Å². The molecule has 0 fully saturated rings. The van der Waals surface area contributed by atoms with E-state index in [1.807, 2.05) is 32.9 Å². The first-order valence-electron chi connectivity index (χ1n) is 6.65. The molecular formula is C15H19N3O3. The number of hydrogen-bond donors (Lipinski definition) is 3. The Hall–Kier alpha value is -2.34. The predicted molar refractivity (Wildman–Crippen MR) is 81.2 cm³/mol. The third kappa shape index (κ3) is 4.61. The summed E-state index contributed by atoms with van der Waals surface area (Å²) in [5.74, 6) is -0.201. The molecule has 6 nitrogen and oxygen atoms in total. The molecule has 0 bridgehead atoms. The second-order valence-corrected chi connectivity index (χ2v) is 5.70. The van der Waals surface area contributed by atoms with Crippen molar-refractivity contribution in [3.63, 3.8) is 0 Å². The average molecular weight is 289 g/mol. The largest absolute Gasteiger partial charge is 0.366 e. The molecule has 3 N–H and O–H groups in total. The predicted octanol–water partition coefficient (Wildman–Crippen LogP) is 2.12. The summed E-state index contributed by atoms with van der Waals surface area (Å²) < 4.78 is 5.40. The van der Waals surface area contributed by atoms with Crippen LogP contribution in [0.3, 0.4) is 0 Å². The fourth-order valence-electron chi connectivity index (χ4n) is 1.70. The van der Waals surface area contributed by atoms with Gasteiger partial charge in [0.1, 0.15) is 6.61 Å². The van der Waals surface area contributed by atoms with Crippen molar-refractivity contribution in [3.8, 4) is 11.3 Å². The number of H-pyrrole nitrogens is 2. The molecule has 1 heterocycles. The Kier molecular flexibility index (Phi) is 4.28. The van der Waals surface area contributed by atoms with Gasteiger partial charge in [-0.15, -0.1) is 0 Å². The summed E-state index contributed by atoms with van der Waals surface area (Å²) in [6, 6.07) is 8.66. The van der Waals surface area contributed by atoms with E-state index < -0.39 is 0 Å². The SMILES string of the molecule is CC(C)(C)OCC(=O)Nc1ccc(-c2cc(=O)[nH][nH]2)cc1. The van der Waals surface area contributed by atoms with Gasteiger partial charge in [0.15, 0.2) is 0 Å². The van der Waals surface area contributed by atoms with E-state index in [1.54, 1.807) is 12.1 Å². The summed E-state index contributed by atoms with van der Waals surface area (Å²) in [4.78, 5) is 22.8. The lowest BCUT2D eigenvalue weighted by atomic mass is 10.1. The summed E-state index contributed by atoms with van der Waals surface area (Å²) in [5, 5.41) is 8.01. The third-order valence-electron chi connectivity index (χ3n) is 2.71. The molecule has 0 unspecified atom stereocenters. The maximum absolute atomic E-state index is 11.7. The van der Waals surface area contributed by atoms with Gasteiger partial charge < -0.3 is 10.1 Å². The van der Waals surface area contributed by atoms with Crippen LogP contribution in [0.1, 0.15) is 20.8 Å². The lowest BCUT2D eigenvalue weighted by Crippen LogP contribution is -2.27. The number of carbonyl (C=O) groups excluding carboxylic acids is 1. The van der Waals surface area contributed by atoms with Crippen LogP contribution in [0.4, 0.5) is 5.69 Å². The van der Waals surface area contributed by atoms with E-state index in [2.05, 4.69) is 15.5 Å². The third-order valence-corrected chi connectivity index (χ3v) is 2.71. The molecule has 2 aromatic rings. The van der Waals surface area contributed by atoms with Crippen LogP contribution in [0, 0.1) is 0 Å². The smallest absolute Gasteiger partial charge is 0.264 e. The number of anilines is 1. The van der Waals surface area contributed by atoms with Gasteiger partial charge in [0.05, 0.1) is 11.3 Å². The maximum atomic E-state index is 11.7. The van der Waals surface area contributed by atoms with Gasteiger partial charge in [0.2, 0.25) is 5.91 Å².